The number of hydrogen-bond acceptors (Lipinski definition) is 2. The van der Waals surface area contributed by atoms with E-state index in [1.165, 1.54) is 25.7 Å². The van der Waals surface area contributed by atoms with Gasteiger partial charge < -0.3 is 10.1 Å². The van der Waals surface area contributed by atoms with Crippen LogP contribution in [-0.2, 0) is 0 Å². The maximum Gasteiger partial charge on any atom is 0.119 e. The summed E-state index contributed by atoms with van der Waals surface area (Å²) in [6.07, 6.45) is 6.47. The molecular weight excluding hydrogens is 222 g/mol. The second-order valence-electron chi connectivity index (χ2n) is 5.29. The zero-order chi connectivity index (χ0) is 12.6. The molecule has 1 saturated carbocycles. The van der Waals surface area contributed by atoms with Crippen molar-refractivity contribution < 1.29 is 4.74 Å². The maximum atomic E-state index is 5.78. The Kier molecular flexibility index (Phi) is 5.53. The molecule has 1 aliphatic carbocycles. The zero-order valence-electron chi connectivity index (χ0n) is 11.4. The molecule has 0 aromatic heterocycles. The third-order valence-electron chi connectivity index (χ3n) is 3.51. The molecule has 0 spiro atoms. The van der Waals surface area contributed by atoms with Crippen LogP contribution in [0, 0.1) is 5.92 Å². The minimum absolute atomic E-state index is 0.763. The van der Waals surface area contributed by atoms with Crippen LogP contribution in [0.1, 0.15) is 39.0 Å². The molecule has 1 aliphatic rings. The summed E-state index contributed by atoms with van der Waals surface area (Å²) in [5.74, 6) is 1.75. The van der Waals surface area contributed by atoms with Crippen LogP contribution in [0.25, 0.3) is 0 Å². The van der Waals surface area contributed by atoms with Gasteiger partial charge in [0.15, 0.2) is 0 Å². The van der Waals surface area contributed by atoms with Crippen LogP contribution in [0.15, 0.2) is 30.3 Å². The largest absolute Gasteiger partial charge is 0.494 e. The molecule has 2 rings (SSSR count). The fourth-order valence-corrected chi connectivity index (χ4v) is 2.24. The number of ether oxygens (including phenoxy) is 1. The Labute approximate surface area is 111 Å². The minimum atomic E-state index is 0.763. The summed E-state index contributed by atoms with van der Waals surface area (Å²) >= 11 is 0. The van der Waals surface area contributed by atoms with Gasteiger partial charge in [0.2, 0.25) is 0 Å². The van der Waals surface area contributed by atoms with E-state index in [0.717, 1.165) is 37.3 Å². The molecule has 1 aromatic rings. The number of rotatable bonds is 9. The van der Waals surface area contributed by atoms with Crippen molar-refractivity contribution in [3.63, 3.8) is 0 Å². The highest BCUT2D eigenvalue weighted by molar-refractivity contribution is 5.20. The van der Waals surface area contributed by atoms with E-state index in [2.05, 4.69) is 12.2 Å². The van der Waals surface area contributed by atoms with Gasteiger partial charge in [0, 0.05) is 6.04 Å². The van der Waals surface area contributed by atoms with E-state index in [-0.39, 0.29) is 0 Å². The van der Waals surface area contributed by atoms with Gasteiger partial charge in [-0.3, -0.25) is 0 Å². The lowest BCUT2D eigenvalue weighted by molar-refractivity contribution is 0.267. The summed E-state index contributed by atoms with van der Waals surface area (Å²) in [7, 11) is 0. The van der Waals surface area contributed by atoms with E-state index in [4.69, 9.17) is 4.74 Å². The normalized spacial score (nSPS) is 16.5. The molecule has 1 aromatic carbocycles. The van der Waals surface area contributed by atoms with Crippen molar-refractivity contribution >= 4 is 0 Å². The van der Waals surface area contributed by atoms with Crippen molar-refractivity contribution in [2.24, 2.45) is 5.92 Å². The SMILES string of the molecule is CCCC(CCOc1ccccc1)CNC1CC1. The zero-order valence-corrected chi connectivity index (χ0v) is 11.4. The van der Waals surface area contributed by atoms with E-state index in [1.807, 2.05) is 30.3 Å². The third-order valence-corrected chi connectivity index (χ3v) is 3.51. The first-order valence-corrected chi connectivity index (χ1v) is 7.29. The Bertz CT molecular complexity index is 321. The molecule has 1 N–H and O–H groups in total. The molecule has 0 heterocycles. The van der Waals surface area contributed by atoms with Gasteiger partial charge in [-0.2, -0.15) is 0 Å². The fourth-order valence-electron chi connectivity index (χ4n) is 2.24. The molecule has 2 nitrogen and oxygen atoms in total. The first kappa shape index (κ1) is 13.4. The lowest BCUT2D eigenvalue weighted by atomic mass is 10.0. The van der Waals surface area contributed by atoms with Crippen molar-refractivity contribution in [1.82, 2.24) is 5.32 Å². The number of nitrogens with one attached hydrogen (secondary N) is 1. The molecule has 0 saturated heterocycles. The highest BCUT2D eigenvalue weighted by atomic mass is 16.5. The van der Waals surface area contributed by atoms with Crippen LogP contribution in [0.2, 0.25) is 0 Å². The molecule has 0 amide bonds. The molecule has 0 radical (unpaired) electrons. The van der Waals surface area contributed by atoms with E-state index >= 15 is 0 Å². The van der Waals surface area contributed by atoms with Gasteiger partial charge in [-0.1, -0.05) is 31.5 Å². The molecule has 0 bridgehead atoms. The Morgan fingerprint density at radius 1 is 1.22 bits per heavy atom. The molecular formula is C16H25NO. The van der Waals surface area contributed by atoms with Crippen molar-refractivity contribution in [3.05, 3.63) is 30.3 Å². The molecule has 100 valence electrons. The summed E-state index contributed by atoms with van der Waals surface area (Å²) in [6, 6.07) is 10.9. The van der Waals surface area contributed by atoms with Gasteiger partial charge in [-0.25, -0.2) is 0 Å². The first-order valence-electron chi connectivity index (χ1n) is 7.29. The molecule has 0 aliphatic heterocycles. The minimum Gasteiger partial charge on any atom is -0.494 e. The van der Waals surface area contributed by atoms with Crippen molar-refractivity contribution in [3.8, 4) is 5.75 Å². The predicted molar refractivity (Wildman–Crippen MR) is 76.0 cm³/mol. The summed E-state index contributed by atoms with van der Waals surface area (Å²) in [4.78, 5) is 0. The van der Waals surface area contributed by atoms with E-state index < -0.39 is 0 Å². The monoisotopic (exact) mass is 247 g/mol. The van der Waals surface area contributed by atoms with Gasteiger partial charge in [0.05, 0.1) is 6.61 Å². The second kappa shape index (κ2) is 7.42. The van der Waals surface area contributed by atoms with Crippen LogP contribution in [0.3, 0.4) is 0 Å². The standard InChI is InChI=1S/C16H25NO/c1-2-6-14(13-17-15-9-10-15)11-12-18-16-7-4-3-5-8-16/h3-5,7-8,14-15,17H,2,6,9-13H2,1H3. The van der Waals surface area contributed by atoms with Gasteiger partial charge in [-0.05, 0) is 50.3 Å². The van der Waals surface area contributed by atoms with Crippen LogP contribution in [-0.4, -0.2) is 19.2 Å². The smallest absolute Gasteiger partial charge is 0.119 e. The lowest BCUT2D eigenvalue weighted by Gasteiger charge is -2.17. The molecule has 1 fully saturated rings. The molecule has 18 heavy (non-hydrogen) atoms. The fraction of sp³-hybridized carbons (Fsp3) is 0.625. The average molecular weight is 247 g/mol. The van der Waals surface area contributed by atoms with Gasteiger partial charge in [-0.15, -0.1) is 0 Å². The molecule has 2 heteroatoms. The summed E-state index contributed by atoms with van der Waals surface area (Å²) in [5, 5.41) is 3.63. The predicted octanol–water partition coefficient (Wildman–Crippen LogP) is 3.62. The van der Waals surface area contributed by atoms with Crippen LogP contribution >= 0.6 is 0 Å². The second-order valence-corrected chi connectivity index (χ2v) is 5.29. The Morgan fingerprint density at radius 2 is 2.00 bits per heavy atom. The number of benzene rings is 1. The molecule has 1 atom stereocenters. The topological polar surface area (TPSA) is 21.3 Å². The third kappa shape index (κ3) is 5.09. The Hall–Kier alpha value is -1.02. The van der Waals surface area contributed by atoms with Gasteiger partial charge >= 0.3 is 0 Å². The quantitative estimate of drug-likeness (QED) is 0.719. The maximum absolute atomic E-state index is 5.78. The molecule has 1 unspecified atom stereocenters. The van der Waals surface area contributed by atoms with Gasteiger partial charge in [0.25, 0.3) is 0 Å². The average Bonchev–Trinajstić information content (AvgIpc) is 3.21. The lowest BCUT2D eigenvalue weighted by Crippen LogP contribution is -2.25. The Morgan fingerprint density at radius 3 is 2.67 bits per heavy atom. The van der Waals surface area contributed by atoms with E-state index in [1.54, 1.807) is 0 Å². The summed E-state index contributed by atoms with van der Waals surface area (Å²) in [5.41, 5.74) is 0. The van der Waals surface area contributed by atoms with Gasteiger partial charge in [0.1, 0.15) is 5.75 Å². The first-order chi connectivity index (χ1) is 8.88. The number of para-hydroxylation sites is 1. The summed E-state index contributed by atoms with van der Waals surface area (Å²) < 4.78 is 5.78. The highest BCUT2D eigenvalue weighted by Gasteiger charge is 2.21. The van der Waals surface area contributed by atoms with Crippen molar-refractivity contribution in [1.29, 1.82) is 0 Å². The van der Waals surface area contributed by atoms with Crippen LogP contribution < -0.4 is 10.1 Å². The van der Waals surface area contributed by atoms with Crippen molar-refractivity contribution in [2.45, 2.75) is 45.1 Å². The van der Waals surface area contributed by atoms with E-state index in [9.17, 15) is 0 Å². The Balaban J connectivity index is 1.64. The van der Waals surface area contributed by atoms with Crippen LogP contribution in [0.5, 0.6) is 5.75 Å². The summed E-state index contributed by atoms with van der Waals surface area (Å²) in [6.45, 7) is 4.26. The van der Waals surface area contributed by atoms with Crippen LogP contribution in [0.4, 0.5) is 0 Å². The van der Waals surface area contributed by atoms with E-state index in [0.29, 0.717) is 0 Å². The number of hydrogen-bond donors (Lipinski definition) is 1. The van der Waals surface area contributed by atoms with Crippen molar-refractivity contribution in [2.75, 3.05) is 13.2 Å². The highest BCUT2D eigenvalue weighted by Crippen LogP contribution is 2.20.